The Morgan fingerprint density at radius 3 is 2.35 bits per heavy atom. The molecule has 1 aliphatic carbocycles. The van der Waals surface area contributed by atoms with Gasteiger partial charge in [-0.3, -0.25) is 4.79 Å². The van der Waals surface area contributed by atoms with Gasteiger partial charge in [0.05, 0.1) is 13.2 Å². The third kappa shape index (κ3) is 5.54. The molecule has 0 aromatic heterocycles. The smallest absolute Gasteiger partial charge is 0.317 e. The second kappa shape index (κ2) is 8.34. The Kier molecular flexibility index (Phi) is 6.46. The van der Waals surface area contributed by atoms with Crippen LogP contribution in [-0.4, -0.2) is 30.3 Å². The van der Waals surface area contributed by atoms with Gasteiger partial charge in [-0.2, -0.15) is 0 Å². The van der Waals surface area contributed by atoms with Crippen molar-refractivity contribution in [2.45, 2.75) is 58.9 Å². The molecule has 0 heterocycles. The van der Waals surface area contributed by atoms with Crippen LogP contribution in [0.3, 0.4) is 0 Å². The number of benzene rings is 1. The molecule has 128 valence electrons. The molecule has 2 rings (SSSR count). The number of carboxylic acids is 1. The quantitative estimate of drug-likeness (QED) is 0.806. The number of rotatable bonds is 7. The van der Waals surface area contributed by atoms with E-state index in [0.29, 0.717) is 12.0 Å². The van der Waals surface area contributed by atoms with E-state index in [1.807, 2.05) is 0 Å². The number of hydrogen-bond acceptors (Lipinski definition) is 3. The van der Waals surface area contributed by atoms with Crippen molar-refractivity contribution < 1.29 is 14.6 Å². The van der Waals surface area contributed by atoms with Gasteiger partial charge in [-0.05, 0) is 69.9 Å². The number of ether oxygens (including phenoxy) is 1. The summed E-state index contributed by atoms with van der Waals surface area (Å²) in [6.45, 7) is 7.16. The van der Waals surface area contributed by atoms with Gasteiger partial charge in [0.25, 0.3) is 0 Å². The number of aliphatic carboxylic acids is 1. The molecule has 0 bridgehead atoms. The predicted molar refractivity (Wildman–Crippen MR) is 92.1 cm³/mol. The van der Waals surface area contributed by atoms with Crippen LogP contribution in [0.15, 0.2) is 12.1 Å². The van der Waals surface area contributed by atoms with E-state index < -0.39 is 5.97 Å². The molecule has 0 unspecified atom stereocenters. The highest BCUT2D eigenvalue weighted by Gasteiger charge is 2.21. The topological polar surface area (TPSA) is 58.6 Å². The van der Waals surface area contributed by atoms with Crippen LogP contribution in [0.25, 0.3) is 0 Å². The number of carbonyl (C=O) groups is 1. The number of nitrogens with one attached hydrogen (secondary N) is 1. The largest absolute Gasteiger partial charge is 0.493 e. The average Bonchev–Trinajstić information content (AvgIpc) is 2.49. The van der Waals surface area contributed by atoms with Crippen molar-refractivity contribution in [1.82, 2.24) is 5.32 Å². The third-order valence-corrected chi connectivity index (χ3v) is 4.77. The number of carboxylic acid groups (broad SMARTS) is 1. The van der Waals surface area contributed by atoms with E-state index in [0.717, 1.165) is 44.5 Å². The summed E-state index contributed by atoms with van der Waals surface area (Å²) in [7, 11) is 0. The lowest BCUT2D eigenvalue weighted by molar-refractivity contribution is -0.136. The minimum absolute atomic E-state index is 0.0738. The summed E-state index contributed by atoms with van der Waals surface area (Å²) in [5.74, 6) is 0.959. The second-order valence-corrected chi connectivity index (χ2v) is 6.86. The molecule has 4 nitrogen and oxygen atoms in total. The molecular weight excluding hydrogens is 290 g/mol. The van der Waals surface area contributed by atoms with Gasteiger partial charge >= 0.3 is 5.97 Å². The predicted octanol–water partition coefficient (Wildman–Crippen LogP) is 3.61. The molecular formula is C19H29NO3. The summed E-state index contributed by atoms with van der Waals surface area (Å²) in [6, 6.07) is 4.70. The first-order valence-corrected chi connectivity index (χ1v) is 8.61. The second-order valence-electron chi connectivity index (χ2n) is 6.86. The molecule has 1 aromatic rings. The Labute approximate surface area is 139 Å². The van der Waals surface area contributed by atoms with E-state index in [9.17, 15) is 4.79 Å². The lowest BCUT2D eigenvalue weighted by Crippen LogP contribution is -2.36. The molecule has 1 fully saturated rings. The Balaban J connectivity index is 1.71. The van der Waals surface area contributed by atoms with Gasteiger partial charge in [-0.25, -0.2) is 0 Å². The molecule has 0 amide bonds. The molecule has 23 heavy (non-hydrogen) atoms. The standard InChI is InChI=1S/C19H29NO3/c1-13-10-14(2)19(15(3)11-13)23-9-8-16-4-6-17(7-5-16)20-12-18(21)22/h10-11,16-17,20H,4-9,12H2,1-3H3,(H,21,22). The van der Waals surface area contributed by atoms with Crippen LogP contribution in [0.5, 0.6) is 5.75 Å². The highest BCUT2D eigenvalue weighted by molar-refractivity contribution is 5.69. The molecule has 0 spiro atoms. The maximum absolute atomic E-state index is 10.6. The minimum Gasteiger partial charge on any atom is -0.493 e. The third-order valence-electron chi connectivity index (χ3n) is 4.77. The SMILES string of the molecule is Cc1cc(C)c(OCCC2CCC(NCC(=O)O)CC2)c(C)c1. The molecule has 2 N–H and O–H groups in total. The van der Waals surface area contributed by atoms with E-state index in [-0.39, 0.29) is 6.54 Å². The van der Waals surface area contributed by atoms with Gasteiger partial charge in [0, 0.05) is 6.04 Å². The summed E-state index contributed by atoms with van der Waals surface area (Å²) in [4.78, 5) is 10.6. The van der Waals surface area contributed by atoms with Gasteiger partial charge in [-0.1, -0.05) is 17.7 Å². The summed E-state index contributed by atoms with van der Waals surface area (Å²) < 4.78 is 6.04. The van der Waals surface area contributed by atoms with Crippen molar-refractivity contribution in [3.05, 3.63) is 28.8 Å². The summed E-state index contributed by atoms with van der Waals surface area (Å²) in [6.07, 6.45) is 5.54. The van der Waals surface area contributed by atoms with E-state index >= 15 is 0 Å². The van der Waals surface area contributed by atoms with Crippen LogP contribution in [0.1, 0.15) is 48.8 Å². The summed E-state index contributed by atoms with van der Waals surface area (Å²) >= 11 is 0. The Bertz CT molecular complexity index is 510. The lowest BCUT2D eigenvalue weighted by atomic mass is 9.84. The summed E-state index contributed by atoms with van der Waals surface area (Å²) in [5.41, 5.74) is 3.70. The molecule has 1 saturated carbocycles. The molecule has 1 aromatic carbocycles. The van der Waals surface area contributed by atoms with E-state index in [1.54, 1.807) is 0 Å². The summed E-state index contributed by atoms with van der Waals surface area (Å²) in [5, 5.41) is 11.8. The first kappa shape index (κ1) is 17.8. The van der Waals surface area contributed by atoms with Crippen molar-refractivity contribution in [3.8, 4) is 5.75 Å². The molecule has 1 aliphatic rings. The van der Waals surface area contributed by atoms with Crippen LogP contribution < -0.4 is 10.1 Å². The van der Waals surface area contributed by atoms with Crippen molar-refractivity contribution >= 4 is 5.97 Å². The molecule has 0 radical (unpaired) electrons. The van der Waals surface area contributed by atoms with Crippen LogP contribution in [0, 0.1) is 26.7 Å². The van der Waals surface area contributed by atoms with E-state index in [4.69, 9.17) is 9.84 Å². The van der Waals surface area contributed by atoms with Crippen LogP contribution in [-0.2, 0) is 4.79 Å². The molecule has 0 aliphatic heterocycles. The van der Waals surface area contributed by atoms with Gasteiger partial charge in [-0.15, -0.1) is 0 Å². The van der Waals surface area contributed by atoms with Crippen molar-refractivity contribution in [1.29, 1.82) is 0 Å². The zero-order valence-electron chi connectivity index (χ0n) is 14.5. The first-order chi connectivity index (χ1) is 11.0. The van der Waals surface area contributed by atoms with Gasteiger partial charge in [0.1, 0.15) is 5.75 Å². The zero-order chi connectivity index (χ0) is 16.8. The van der Waals surface area contributed by atoms with Crippen molar-refractivity contribution in [3.63, 3.8) is 0 Å². The number of hydrogen-bond donors (Lipinski definition) is 2. The van der Waals surface area contributed by atoms with Crippen molar-refractivity contribution in [2.75, 3.05) is 13.2 Å². The normalized spacial score (nSPS) is 21.2. The highest BCUT2D eigenvalue weighted by Crippen LogP contribution is 2.28. The lowest BCUT2D eigenvalue weighted by Gasteiger charge is -2.29. The number of aryl methyl sites for hydroxylation is 3. The maximum atomic E-state index is 10.6. The van der Waals surface area contributed by atoms with Crippen LogP contribution >= 0.6 is 0 Å². The first-order valence-electron chi connectivity index (χ1n) is 8.61. The Hall–Kier alpha value is -1.55. The van der Waals surface area contributed by atoms with Gasteiger partial charge < -0.3 is 15.2 Å². The van der Waals surface area contributed by atoms with Crippen LogP contribution in [0.4, 0.5) is 0 Å². The fraction of sp³-hybridized carbons (Fsp3) is 0.632. The molecule has 0 saturated heterocycles. The van der Waals surface area contributed by atoms with E-state index in [2.05, 4.69) is 38.2 Å². The maximum Gasteiger partial charge on any atom is 0.317 e. The molecule has 0 atom stereocenters. The van der Waals surface area contributed by atoms with Crippen LogP contribution in [0.2, 0.25) is 0 Å². The minimum atomic E-state index is -0.774. The molecule has 4 heteroatoms. The van der Waals surface area contributed by atoms with Gasteiger partial charge in [0.15, 0.2) is 0 Å². The highest BCUT2D eigenvalue weighted by atomic mass is 16.5. The average molecular weight is 319 g/mol. The fourth-order valence-electron chi connectivity index (χ4n) is 3.61. The monoisotopic (exact) mass is 319 g/mol. The fourth-order valence-corrected chi connectivity index (χ4v) is 3.61. The Morgan fingerprint density at radius 1 is 1.17 bits per heavy atom. The zero-order valence-corrected chi connectivity index (χ0v) is 14.5. The van der Waals surface area contributed by atoms with Crippen molar-refractivity contribution in [2.24, 2.45) is 5.92 Å². The Morgan fingerprint density at radius 2 is 1.78 bits per heavy atom. The van der Waals surface area contributed by atoms with Gasteiger partial charge in [0.2, 0.25) is 0 Å². The van der Waals surface area contributed by atoms with E-state index in [1.165, 1.54) is 16.7 Å².